The highest BCUT2D eigenvalue weighted by Gasteiger charge is 2.07. The van der Waals surface area contributed by atoms with Crippen molar-refractivity contribution in [2.24, 2.45) is 0 Å². The summed E-state index contributed by atoms with van der Waals surface area (Å²) in [6, 6.07) is 6.12. The Balaban J connectivity index is 2.19. The molecule has 0 fully saturated rings. The van der Waals surface area contributed by atoms with E-state index in [2.05, 4.69) is 25.3 Å². The molecule has 0 bridgehead atoms. The highest BCUT2D eigenvalue weighted by atomic mass is 16.5. The lowest BCUT2D eigenvalue weighted by atomic mass is 10.2. The standard InChI is InChI=1S/C13H17N5O/c1-3-8-19-13-17-11(16-12(14-2)18-13)9-10-6-4-5-7-15-10/h4-7H,3,8-9H2,1-2H3,(H,14,16,17,18). The van der Waals surface area contributed by atoms with Gasteiger partial charge in [0.15, 0.2) is 0 Å². The number of hydrogen-bond acceptors (Lipinski definition) is 6. The van der Waals surface area contributed by atoms with E-state index in [0.29, 0.717) is 30.8 Å². The van der Waals surface area contributed by atoms with Gasteiger partial charge in [0.2, 0.25) is 5.95 Å². The monoisotopic (exact) mass is 259 g/mol. The number of nitrogens with one attached hydrogen (secondary N) is 1. The van der Waals surface area contributed by atoms with Crippen molar-refractivity contribution in [2.45, 2.75) is 19.8 Å². The molecule has 6 heteroatoms. The van der Waals surface area contributed by atoms with Gasteiger partial charge in [-0.2, -0.15) is 15.0 Å². The van der Waals surface area contributed by atoms with Gasteiger partial charge >= 0.3 is 6.01 Å². The summed E-state index contributed by atoms with van der Waals surface area (Å²) in [6.45, 7) is 2.63. The molecule has 2 aromatic rings. The van der Waals surface area contributed by atoms with Crippen LogP contribution in [0.3, 0.4) is 0 Å². The first-order chi connectivity index (χ1) is 9.31. The molecule has 6 nitrogen and oxygen atoms in total. The highest BCUT2D eigenvalue weighted by Crippen LogP contribution is 2.10. The first-order valence-electron chi connectivity index (χ1n) is 6.27. The molecule has 0 radical (unpaired) electrons. The van der Waals surface area contributed by atoms with Gasteiger partial charge in [-0.1, -0.05) is 13.0 Å². The van der Waals surface area contributed by atoms with Gasteiger partial charge in [-0.05, 0) is 18.6 Å². The van der Waals surface area contributed by atoms with Crippen molar-refractivity contribution in [3.05, 3.63) is 35.9 Å². The van der Waals surface area contributed by atoms with Crippen LogP contribution < -0.4 is 10.1 Å². The molecule has 0 aliphatic heterocycles. The van der Waals surface area contributed by atoms with Gasteiger partial charge in [-0.15, -0.1) is 0 Å². The van der Waals surface area contributed by atoms with Crippen LogP contribution in [-0.4, -0.2) is 33.6 Å². The van der Waals surface area contributed by atoms with E-state index < -0.39 is 0 Å². The fourth-order valence-electron chi connectivity index (χ4n) is 1.51. The largest absolute Gasteiger partial charge is 0.463 e. The molecule has 0 spiro atoms. The maximum Gasteiger partial charge on any atom is 0.321 e. The lowest BCUT2D eigenvalue weighted by Crippen LogP contribution is -2.08. The zero-order chi connectivity index (χ0) is 13.5. The minimum absolute atomic E-state index is 0.354. The second kappa shape index (κ2) is 6.63. The predicted molar refractivity (Wildman–Crippen MR) is 72.2 cm³/mol. The number of hydrogen-bond donors (Lipinski definition) is 1. The molecular weight excluding hydrogens is 242 g/mol. The van der Waals surface area contributed by atoms with Crippen LogP contribution in [0.1, 0.15) is 24.9 Å². The minimum Gasteiger partial charge on any atom is -0.463 e. The maximum absolute atomic E-state index is 5.45. The molecule has 0 saturated heterocycles. The first kappa shape index (κ1) is 13.2. The molecule has 0 atom stereocenters. The minimum atomic E-state index is 0.354. The Morgan fingerprint density at radius 3 is 2.79 bits per heavy atom. The Morgan fingerprint density at radius 2 is 2.11 bits per heavy atom. The lowest BCUT2D eigenvalue weighted by molar-refractivity contribution is 0.290. The fourth-order valence-corrected chi connectivity index (χ4v) is 1.51. The van der Waals surface area contributed by atoms with Gasteiger partial charge in [0.1, 0.15) is 5.82 Å². The van der Waals surface area contributed by atoms with Gasteiger partial charge in [0, 0.05) is 18.9 Å². The van der Waals surface area contributed by atoms with Gasteiger partial charge in [-0.3, -0.25) is 4.98 Å². The quantitative estimate of drug-likeness (QED) is 0.851. The lowest BCUT2D eigenvalue weighted by Gasteiger charge is -2.07. The third-order valence-corrected chi connectivity index (χ3v) is 2.39. The number of ether oxygens (including phenoxy) is 1. The smallest absolute Gasteiger partial charge is 0.321 e. The Labute approximate surface area is 112 Å². The number of anilines is 1. The topological polar surface area (TPSA) is 72.8 Å². The summed E-state index contributed by atoms with van der Waals surface area (Å²) >= 11 is 0. The highest BCUT2D eigenvalue weighted by molar-refractivity contribution is 5.25. The van der Waals surface area contributed by atoms with Crippen LogP contribution in [0.5, 0.6) is 6.01 Å². The van der Waals surface area contributed by atoms with E-state index in [9.17, 15) is 0 Å². The van der Waals surface area contributed by atoms with E-state index in [1.807, 2.05) is 25.1 Å². The summed E-state index contributed by atoms with van der Waals surface area (Å²) in [7, 11) is 1.77. The fraction of sp³-hybridized carbons (Fsp3) is 0.385. The van der Waals surface area contributed by atoms with Gasteiger partial charge < -0.3 is 10.1 Å². The Morgan fingerprint density at radius 1 is 1.21 bits per heavy atom. The maximum atomic E-state index is 5.45. The van der Waals surface area contributed by atoms with Crippen LogP contribution in [0.2, 0.25) is 0 Å². The number of rotatable bonds is 6. The molecule has 0 aliphatic carbocycles. The molecule has 2 aromatic heterocycles. The van der Waals surface area contributed by atoms with E-state index in [4.69, 9.17) is 4.74 Å². The summed E-state index contributed by atoms with van der Waals surface area (Å²) in [5, 5.41) is 2.91. The van der Waals surface area contributed by atoms with Crippen molar-refractivity contribution in [3.63, 3.8) is 0 Å². The van der Waals surface area contributed by atoms with Crippen molar-refractivity contribution < 1.29 is 4.74 Å². The average molecular weight is 259 g/mol. The molecule has 0 unspecified atom stereocenters. The average Bonchev–Trinajstić information content (AvgIpc) is 2.46. The zero-order valence-electron chi connectivity index (χ0n) is 11.1. The molecular formula is C13H17N5O. The Hall–Kier alpha value is -2.24. The summed E-state index contributed by atoms with van der Waals surface area (Å²) < 4.78 is 5.45. The summed E-state index contributed by atoms with van der Waals surface area (Å²) in [5.41, 5.74) is 0.914. The summed E-state index contributed by atoms with van der Waals surface area (Å²) in [4.78, 5) is 17.0. The predicted octanol–water partition coefficient (Wildman–Crippen LogP) is 1.69. The molecule has 1 N–H and O–H groups in total. The molecule has 19 heavy (non-hydrogen) atoms. The van der Waals surface area contributed by atoms with E-state index in [1.165, 1.54) is 0 Å². The molecule has 0 aliphatic rings. The van der Waals surface area contributed by atoms with Crippen LogP contribution in [0.25, 0.3) is 0 Å². The van der Waals surface area contributed by atoms with E-state index in [1.54, 1.807) is 13.2 Å². The second-order valence-corrected chi connectivity index (χ2v) is 3.95. The zero-order valence-corrected chi connectivity index (χ0v) is 11.1. The van der Waals surface area contributed by atoms with E-state index >= 15 is 0 Å². The molecule has 100 valence electrons. The van der Waals surface area contributed by atoms with Crippen LogP contribution in [0.15, 0.2) is 24.4 Å². The molecule has 0 amide bonds. The number of pyridine rings is 1. The normalized spacial score (nSPS) is 10.2. The Bertz CT molecular complexity index is 518. The van der Waals surface area contributed by atoms with Crippen molar-refractivity contribution in [1.82, 2.24) is 19.9 Å². The van der Waals surface area contributed by atoms with Gasteiger partial charge in [-0.25, -0.2) is 0 Å². The summed E-state index contributed by atoms with van der Waals surface area (Å²) in [5.74, 6) is 1.15. The molecule has 0 saturated carbocycles. The number of nitrogens with zero attached hydrogens (tertiary/aromatic N) is 4. The van der Waals surface area contributed by atoms with Crippen LogP contribution >= 0.6 is 0 Å². The van der Waals surface area contributed by atoms with Gasteiger partial charge in [0.05, 0.1) is 13.0 Å². The van der Waals surface area contributed by atoms with Crippen LogP contribution in [0.4, 0.5) is 5.95 Å². The SMILES string of the molecule is CCCOc1nc(Cc2ccccn2)nc(NC)n1. The second-order valence-electron chi connectivity index (χ2n) is 3.95. The van der Waals surface area contributed by atoms with E-state index in [0.717, 1.165) is 12.1 Å². The molecule has 2 rings (SSSR count). The Kier molecular flexibility index (Phi) is 4.60. The van der Waals surface area contributed by atoms with Crippen molar-refractivity contribution in [3.8, 4) is 6.01 Å². The number of aromatic nitrogens is 4. The van der Waals surface area contributed by atoms with Crippen molar-refractivity contribution in [1.29, 1.82) is 0 Å². The van der Waals surface area contributed by atoms with Crippen LogP contribution in [-0.2, 0) is 6.42 Å². The first-order valence-corrected chi connectivity index (χ1v) is 6.27. The van der Waals surface area contributed by atoms with E-state index in [-0.39, 0.29) is 0 Å². The third kappa shape index (κ3) is 3.87. The molecule has 0 aromatic carbocycles. The molecule has 2 heterocycles. The van der Waals surface area contributed by atoms with Gasteiger partial charge in [0.25, 0.3) is 0 Å². The summed E-state index contributed by atoms with van der Waals surface area (Å²) in [6.07, 6.45) is 3.22. The van der Waals surface area contributed by atoms with Crippen LogP contribution in [0, 0.1) is 0 Å². The third-order valence-electron chi connectivity index (χ3n) is 2.39. The van der Waals surface area contributed by atoms with Crippen molar-refractivity contribution in [2.75, 3.05) is 19.0 Å². The van der Waals surface area contributed by atoms with Crippen molar-refractivity contribution >= 4 is 5.95 Å².